The summed E-state index contributed by atoms with van der Waals surface area (Å²) in [5.74, 6) is -2.77. The number of halogens is 1. The van der Waals surface area contributed by atoms with Gasteiger partial charge >= 0.3 is 0 Å². The highest BCUT2D eigenvalue weighted by molar-refractivity contribution is 7.94. The van der Waals surface area contributed by atoms with Crippen LogP contribution in [-0.2, 0) is 30.8 Å². The quantitative estimate of drug-likeness (QED) is 0.614. The lowest BCUT2D eigenvalue weighted by molar-refractivity contribution is -0.123. The summed E-state index contributed by atoms with van der Waals surface area (Å²) in [6.45, 7) is 2.07. The zero-order valence-corrected chi connectivity index (χ0v) is 18.0. The molecule has 6 nitrogen and oxygen atoms in total. The van der Waals surface area contributed by atoms with Crippen molar-refractivity contribution in [2.24, 2.45) is 0 Å². The Kier molecular flexibility index (Phi) is 4.46. The molecule has 0 unspecified atom stereocenters. The molecule has 162 valence electrons. The number of carbonyl (C=O) groups is 2. The maximum Gasteiger partial charge on any atom is 0.274 e. The van der Waals surface area contributed by atoms with Gasteiger partial charge in [-0.2, -0.15) is 0 Å². The van der Waals surface area contributed by atoms with Crippen LogP contribution in [0.1, 0.15) is 16.7 Å². The van der Waals surface area contributed by atoms with Crippen LogP contribution in [0.5, 0.6) is 0 Å². The van der Waals surface area contributed by atoms with Crippen LogP contribution in [0, 0.1) is 12.7 Å². The molecule has 2 aliphatic heterocycles. The fourth-order valence-electron chi connectivity index (χ4n) is 4.60. The SMILES string of the molecule is Cc1ccccc1CN1C(=O)[C@]2(c3ccccc31)N(c1ccc(F)cc1)C(=O)CS2(=O)=O. The lowest BCUT2D eigenvalue weighted by Crippen LogP contribution is -2.54. The van der Waals surface area contributed by atoms with Gasteiger partial charge in [-0.15, -0.1) is 0 Å². The molecule has 3 aromatic rings. The summed E-state index contributed by atoms with van der Waals surface area (Å²) in [5, 5.41) is 0. The number of hydrogen-bond acceptors (Lipinski definition) is 4. The van der Waals surface area contributed by atoms with Crippen LogP contribution in [0.3, 0.4) is 0 Å². The van der Waals surface area contributed by atoms with Crippen molar-refractivity contribution in [2.75, 3.05) is 15.6 Å². The van der Waals surface area contributed by atoms with Crippen LogP contribution in [0.25, 0.3) is 0 Å². The van der Waals surface area contributed by atoms with Gasteiger partial charge in [-0.1, -0.05) is 42.5 Å². The molecule has 0 bridgehead atoms. The van der Waals surface area contributed by atoms with E-state index in [0.29, 0.717) is 5.69 Å². The molecule has 0 N–H and O–H groups in total. The third-order valence-corrected chi connectivity index (χ3v) is 8.20. The molecule has 32 heavy (non-hydrogen) atoms. The maximum atomic E-state index is 14.0. The van der Waals surface area contributed by atoms with Crippen molar-refractivity contribution in [1.29, 1.82) is 0 Å². The van der Waals surface area contributed by atoms with Crippen molar-refractivity contribution >= 4 is 33.0 Å². The number of amides is 2. The lowest BCUT2D eigenvalue weighted by atomic mass is 10.0. The Labute approximate surface area is 184 Å². The molecule has 2 amide bonds. The van der Waals surface area contributed by atoms with E-state index in [1.165, 1.54) is 17.0 Å². The number of aryl methyl sites for hydroxylation is 1. The summed E-state index contributed by atoms with van der Waals surface area (Å²) in [6.07, 6.45) is 0. The molecule has 5 rings (SSSR count). The Morgan fingerprint density at radius 2 is 1.59 bits per heavy atom. The first-order chi connectivity index (χ1) is 15.3. The van der Waals surface area contributed by atoms with Crippen LogP contribution >= 0.6 is 0 Å². The normalized spacial score (nSPS) is 21.4. The van der Waals surface area contributed by atoms with Gasteiger partial charge in [0, 0.05) is 11.3 Å². The highest BCUT2D eigenvalue weighted by Gasteiger charge is 2.69. The number of para-hydroxylation sites is 1. The summed E-state index contributed by atoms with van der Waals surface area (Å²) < 4.78 is 40.6. The highest BCUT2D eigenvalue weighted by atomic mass is 32.2. The average molecular weight is 450 g/mol. The standard InChI is InChI=1S/C24H19FN2O4S/c1-16-6-2-3-7-17(16)14-26-21-9-5-4-8-20(21)24(23(26)29)27(22(28)15-32(24,30)31)19-12-10-18(25)11-13-19/h2-13H,14-15H2,1H3/t24-/m1/s1. The smallest absolute Gasteiger partial charge is 0.274 e. The van der Waals surface area contributed by atoms with Crippen LogP contribution in [0.15, 0.2) is 72.8 Å². The third kappa shape index (κ3) is 2.65. The third-order valence-electron chi connectivity index (χ3n) is 6.10. The number of fused-ring (bicyclic) bond motifs is 2. The summed E-state index contributed by atoms with van der Waals surface area (Å²) in [6, 6.07) is 19.1. The summed E-state index contributed by atoms with van der Waals surface area (Å²) >= 11 is 0. The molecule has 2 heterocycles. The number of benzene rings is 3. The number of rotatable bonds is 3. The van der Waals surface area contributed by atoms with E-state index in [0.717, 1.165) is 28.2 Å². The minimum Gasteiger partial charge on any atom is -0.304 e. The van der Waals surface area contributed by atoms with Gasteiger partial charge in [0.15, 0.2) is 9.84 Å². The van der Waals surface area contributed by atoms with Crippen molar-refractivity contribution < 1.29 is 22.4 Å². The largest absolute Gasteiger partial charge is 0.304 e. The Bertz CT molecular complexity index is 1370. The molecule has 2 aliphatic rings. The number of anilines is 2. The van der Waals surface area contributed by atoms with E-state index in [4.69, 9.17) is 0 Å². The molecule has 1 atom stereocenters. The van der Waals surface area contributed by atoms with Gasteiger partial charge in [-0.05, 0) is 48.4 Å². The second kappa shape index (κ2) is 7.00. The Morgan fingerprint density at radius 1 is 0.938 bits per heavy atom. The Balaban J connectivity index is 1.74. The summed E-state index contributed by atoms with van der Waals surface area (Å²) in [7, 11) is -4.25. The van der Waals surface area contributed by atoms with Crippen molar-refractivity contribution in [3.8, 4) is 0 Å². The van der Waals surface area contributed by atoms with Crippen molar-refractivity contribution in [1.82, 2.24) is 0 Å². The van der Waals surface area contributed by atoms with E-state index in [9.17, 15) is 22.4 Å². The van der Waals surface area contributed by atoms with Gasteiger partial charge < -0.3 is 4.90 Å². The molecule has 8 heteroatoms. The van der Waals surface area contributed by atoms with E-state index in [2.05, 4.69) is 0 Å². The van der Waals surface area contributed by atoms with Crippen LogP contribution < -0.4 is 9.80 Å². The molecular formula is C24H19FN2O4S. The number of nitrogens with zero attached hydrogens (tertiary/aromatic N) is 2. The lowest BCUT2D eigenvalue weighted by Gasteiger charge is -2.32. The summed E-state index contributed by atoms with van der Waals surface area (Å²) in [5.41, 5.74) is 2.64. The van der Waals surface area contributed by atoms with Crippen LogP contribution in [0.4, 0.5) is 15.8 Å². The first kappa shape index (κ1) is 20.4. The molecule has 0 radical (unpaired) electrons. The molecule has 3 aromatic carbocycles. The number of sulfone groups is 1. The second-order valence-electron chi connectivity index (χ2n) is 7.94. The predicted octanol–water partition coefficient (Wildman–Crippen LogP) is 3.30. The van der Waals surface area contributed by atoms with Gasteiger partial charge in [-0.3, -0.25) is 14.5 Å². The Morgan fingerprint density at radius 3 is 2.31 bits per heavy atom. The monoisotopic (exact) mass is 450 g/mol. The molecule has 0 aliphatic carbocycles. The van der Waals surface area contributed by atoms with E-state index in [1.807, 2.05) is 31.2 Å². The summed E-state index contributed by atoms with van der Waals surface area (Å²) in [4.78, 5) is 27.2. The zero-order valence-electron chi connectivity index (χ0n) is 17.2. The van der Waals surface area contributed by atoms with Crippen molar-refractivity contribution in [3.05, 3.63) is 95.3 Å². The molecule has 1 fully saturated rings. The van der Waals surface area contributed by atoms with Crippen LogP contribution in [0.2, 0.25) is 0 Å². The van der Waals surface area contributed by atoms with Gasteiger partial charge in [0.2, 0.25) is 5.91 Å². The maximum absolute atomic E-state index is 14.0. The number of carbonyl (C=O) groups excluding carboxylic acids is 2. The second-order valence-corrected chi connectivity index (χ2v) is 10.1. The molecule has 1 spiro atoms. The fraction of sp³-hybridized carbons (Fsp3) is 0.167. The van der Waals surface area contributed by atoms with E-state index in [1.54, 1.807) is 24.3 Å². The number of hydrogen-bond donors (Lipinski definition) is 0. The molecular weight excluding hydrogens is 431 g/mol. The van der Waals surface area contributed by atoms with E-state index >= 15 is 0 Å². The first-order valence-electron chi connectivity index (χ1n) is 10.0. The minimum atomic E-state index is -4.25. The van der Waals surface area contributed by atoms with Gasteiger partial charge in [0.25, 0.3) is 10.8 Å². The topological polar surface area (TPSA) is 74.8 Å². The van der Waals surface area contributed by atoms with Gasteiger partial charge in [-0.25, -0.2) is 12.8 Å². The average Bonchev–Trinajstić information content (AvgIpc) is 3.13. The van der Waals surface area contributed by atoms with E-state index < -0.39 is 38.1 Å². The van der Waals surface area contributed by atoms with Gasteiger partial charge in [0.1, 0.15) is 11.6 Å². The minimum absolute atomic E-state index is 0.151. The molecule has 0 saturated carbocycles. The molecule has 1 saturated heterocycles. The first-order valence-corrected chi connectivity index (χ1v) is 11.7. The van der Waals surface area contributed by atoms with Crippen molar-refractivity contribution in [2.45, 2.75) is 18.3 Å². The van der Waals surface area contributed by atoms with Crippen LogP contribution in [-0.4, -0.2) is 26.0 Å². The van der Waals surface area contributed by atoms with Gasteiger partial charge in [0.05, 0.1) is 12.2 Å². The predicted molar refractivity (Wildman–Crippen MR) is 118 cm³/mol. The van der Waals surface area contributed by atoms with Crippen molar-refractivity contribution in [3.63, 3.8) is 0 Å². The highest BCUT2D eigenvalue weighted by Crippen LogP contribution is 2.52. The Hall–Kier alpha value is -3.52. The molecule has 0 aromatic heterocycles. The van der Waals surface area contributed by atoms with E-state index in [-0.39, 0.29) is 17.8 Å². The zero-order chi connectivity index (χ0) is 22.7. The fourth-order valence-corrected chi connectivity index (χ4v) is 6.63.